The third-order valence-corrected chi connectivity index (χ3v) is 2.80. The molecule has 0 fully saturated rings. The summed E-state index contributed by atoms with van der Waals surface area (Å²) >= 11 is 0. The molecule has 0 heterocycles. The fourth-order valence-electron chi connectivity index (χ4n) is 1.96. The predicted octanol–water partition coefficient (Wildman–Crippen LogP) is 3.04. The second-order valence-corrected chi connectivity index (χ2v) is 4.13. The molecule has 2 N–H and O–H groups in total. The quantitative estimate of drug-likeness (QED) is 0.836. The Morgan fingerprint density at radius 1 is 0.850 bits per heavy atom. The molecule has 2 aromatic carbocycles. The zero-order valence-electron chi connectivity index (χ0n) is 10.5. The Hall–Kier alpha value is -2.88. The van der Waals surface area contributed by atoms with E-state index in [-0.39, 0.29) is 0 Å². The van der Waals surface area contributed by atoms with E-state index in [0.29, 0.717) is 11.1 Å². The first kappa shape index (κ1) is 13.5. The van der Waals surface area contributed by atoms with E-state index in [4.69, 9.17) is 10.2 Å². The molecular weight excluding hydrogens is 256 g/mol. The molecule has 0 amide bonds. The van der Waals surface area contributed by atoms with Crippen molar-refractivity contribution in [1.29, 1.82) is 0 Å². The first-order valence-corrected chi connectivity index (χ1v) is 5.91. The third-order valence-electron chi connectivity index (χ3n) is 2.80. The summed E-state index contributed by atoms with van der Waals surface area (Å²) in [5.41, 5.74) is 1.34. The maximum absolute atomic E-state index is 10.7. The Bertz CT molecular complexity index is 726. The molecule has 0 aliphatic rings. The normalized spacial score (nSPS) is 11.4. The number of benzene rings is 2. The van der Waals surface area contributed by atoms with Crippen molar-refractivity contribution in [2.24, 2.45) is 0 Å². The standard InChI is InChI=1S/C16H12O4/c17-15(18)9-7-12-6-5-11-3-1-2-4-13(11)14(12)8-10-16(19)20/h1-10H,(H,17,18)(H,19,20). The van der Waals surface area contributed by atoms with Gasteiger partial charge in [0, 0.05) is 12.2 Å². The third kappa shape index (κ3) is 3.11. The van der Waals surface area contributed by atoms with Crippen LogP contribution in [-0.2, 0) is 9.59 Å². The Morgan fingerprint density at radius 3 is 2.20 bits per heavy atom. The van der Waals surface area contributed by atoms with Crippen molar-refractivity contribution in [2.75, 3.05) is 0 Å². The summed E-state index contributed by atoms with van der Waals surface area (Å²) in [6.07, 6.45) is 5.00. The molecule has 100 valence electrons. The van der Waals surface area contributed by atoms with Gasteiger partial charge in [-0.3, -0.25) is 0 Å². The molecule has 2 rings (SSSR count). The van der Waals surface area contributed by atoms with Crippen LogP contribution in [0.15, 0.2) is 48.6 Å². The minimum atomic E-state index is -1.05. The number of hydrogen-bond donors (Lipinski definition) is 2. The van der Waals surface area contributed by atoms with Crippen molar-refractivity contribution in [2.45, 2.75) is 0 Å². The molecule has 0 unspecified atom stereocenters. The minimum absolute atomic E-state index is 0.656. The van der Waals surface area contributed by atoms with Crippen LogP contribution < -0.4 is 0 Å². The van der Waals surface area contributed by atoms with Crippen molar-refractivity contribution in [3.8, 4) is 0 Å². The Balaban J connectivity index is 2.64. The topological polar surface area (TPSA) is 74.6 Å². The lowest BCUT2D eigenvalue weighted by Crippen LogP contribution is -1.90. The summed E-state index contributed by atoms with van der Waals surface area (Å²) < 4.78 is 0. The number of fused-ring (bicyclic) bond motifs is 1. The molecule has 0 atom stereocenters. The number of carbonyl (C=O) groups is 2. The summed E-state index contributed by atoms with van der Waals surface area (Å²) in [5.74, 6) is -2.10. The molecule has 0 radical (unpaired) electrons. The largest absolute Gasteiger partial charge is 0.478 e. The average molecular weight is 268 g/mol. The van der Waals surface area contributed by atoms with Crippen molar-refractivity contribution in [3.63, 3.8) is 0 Å². The minimum Gasteiger partial charge on any atom is -0.478 e. The Morgan fingerprint density at radius 2 is 1.50 bits per heavy atom. The fraction of sp³-hybridized carbons (Fsp3) is 0. The van der Waals surface area contributed by atoms with Gasteiger partial charge in [0.05, 0.1) is 0 Å². The lowest BCUT2D eigenvalue weighted by molar-refractivity contribution is -0.132. The monoisotopic (exact) mass is 268 g/mol. The van der Waals surface area contributed by atoms with E-state index in [1.54, 1.807) is 6.07 Å². The smallest absolute Gasteiger partial charge is 0.328 e. The van der Waals surface area contributed by atoms with Gasteiger partial charge >= 0.3 is 11.9 Å². The van der Waals surface area contributed by atoms with Crippen LogP contribution in [0.1, 0.15) is 11.1 Å². The summed E-state index contributed by atoms with van der Waals surface area (Å²) in [6, 6.07) is 11.2. The molecular formula is C16H12O4. The zero-order chi connectivity index (χ0) is 14.5. The highest BCUT2D eigenvalue weighted by atomic mass is 16.4. The van der Waals surface area contributed by atoms with Crippen molar-refractivity contribution in [1.82, 2.24) is 0 Å². The maximum Gasteiger partial charge on any atom is 0.328 e. The molecule has 4 heteroatoms. The first-order chi connectivity index (χ1) is 9.58. The highest BCUT2D eigenvalue weighted by Gasteiger charge is 2.04. The van der Waals surface area contributed by atoms with Crippen molar-refractivity contribution < 1.29 is 19.8 Å². The molecule has 20 heavy (non-hydrogen) atoms. The van der Waals surface area contributed by atoms with E-state index < -0.39 is 11.9 Å². The predicted molar refractivity (Wildman–Crippen MR) is 77.3 cm³/mol. The van der Waals surface area contributed by atoms with Crippen molar-refractivity contribution >= 4 is 34.9 Å². The Labute approximate surface area is 115 Å². The van der Waals surface area contributed by atoms with E-state index in [0.717, 1.165) is 22.9 Å². The van der Waals surface area contributed by atoms with Gasteiger partial charge in [-0.15, -0.1) is 0 Å². The highest BCUT2D eigenvalue weighted by Crippen LogP contribution is 2.25. The lowest BCUT2D eigenvalue weighted by Gasteiger charge is -2.06. The Kier molecular flexibility index (Phi) is 3.96. The number of rotatable bonds is 4. The molecule has 0 spiro atoms. The van der Waals surface area contributed by atoms with Crippen LogP contribution in [0.3, 0.4) is 0 Å². The molecule has 0 saturated carbocycles. The fourth-order valence-corrected chi connectivity index (χ4v) is 1.96. The number of carboxylic acid groups (broad SMARTS) is 2. The average Bonchev–Trinajstić information content (AvgIpc) is 2.42. The van der Waals surface area contributed by atoms with Crippen LogP contribution >= 0.6 is 0 Å². The van der Waals surface area contributed by atoms with Gasteiger partial charge in [0.1, 0.15) is 0 Å². The van der Waals surface area contributed by atoms with Gasteiger partial charge in [0.15, 0.2) is 0 Å². The molecule has 2 aromatic rings. The van der Waals surface area contributed by atoms with E-state index in [1.807, 2.05) is 30.3 Å². The number of carboxylic acids is 2. The highest BCUT2D eigenvalue weighted by molar-refractivity contribution is 5.98. The zero-order valence-corrected chi connectivity index (χ0v) is 10.5. The second kappa shape index (κ2) is 5.84. The first-order valence-electron chi connectivity index (χ1n) is 5.91. The van der Waals surface area contributed by atoms with E-state index >= 15 is 0 Å². The second-order valence-electron chi connectivity index (χ2n) is 4.13. The van der Waals surface area contributed by atoms with Crippen LogP contribution in [0.4, 0.5) is 0 Å². The van der Waals surface area contributed by atoms with E-state index in [1.165, 1.54) is 12.2 Å². The maximum atomic E-state index is 10.7. The number of aliphatic carboxylic acids is 2. The van der Waals surface area contributed by atoms with E-state index in [2.05, 4.69) is 0 Å². The van der Waals surface area contributed by atoms with Crippen LogP contribution in [-0.4, -0.2) is 22.2 Å². The van der Waals surface area contributed by atoms with Gasteiger partial charge in [-0.25, -0.2) is 9.59 Å². The summed E-state index contributed by atoms with van der Waals surface area (Å²) in [6.45, 7) is 0. The molecule has 0 aliphatic heterocycles. The van der Waals surface area contributed by atoms with Gasteiger partial charge in [-0.05, 0) is 34.1 Å². The van der Waals surface area contributed by atoms with Crippen molar-refractivity contribution in [3.05, 3.63) is 59.7 Å². The van der Waals surface area contributed by atoms with Gasteiger partial charge in [-0.2, -0.15) is 0 Å². The summed E-state index contributed by atoms with van der Waals surface area (Å²) in [5, 5.41) is 19.3. The van der Waals surface area contributed by atoms with Crippen LogP contribution in [0, 0.1) is 0 Å². The summed E-state index contributed by atoms with van der Waals surface area (Å²) in [4.78, 5) is 21.3. The molecule has 0 bridgehead atoms. The lowest BCUT2D eigenvalue weighted by atomic mass is 9.98. The SMILES string of the molecule is O=C(O)C=Cc1ccc2ccccc2c1C=CC(=O)O. The molecule has 0 aromatic heterocycles. The van der Waals surface area contributed by atoms with E-state index in [9.17, 15) is 9.59 Å². The van der Waals surface area contributed by atoms with Gasteiger partial charge < -0.3 is 10.2 Å². The van der Waals surface area contributed by atoms with Crippen LogP contribution in [0.2, 0.25) is 0 Å². The van der Waals surface area contributed by atoms with Gasteiger partial charge in [-0.1, -0.05) is 36.4 Å². The molecule has 0 saturated heterocycles. The summed E-state index contributed by atoms with van der Waals surface area (Å²) in [7, 11) is 0. The van der Waals surface area contributed by atoms with Gasteiger partial charge in [0.25, 0.3) is 0 Å². The van der Waals surface area contributed by atoms with Crippen LogP contribution in [0.5, 0.6) is 0 Å². The number of hydrogen-bond acceptors (Lipinski definition) is 2. The van der Waals surface area contributed by atoms with Crippen LogP contribution in [0.25, 0.3) is 22.9 Å². The molecule has 4 nitrogen and oxygen atoms in total. The molecule has 0 aliphatic carbocycles. The van der Waals surface area contributed by atoms with Gasteiger partial charge in [0.2, 0.25) is 0 Å².